The summed E-state index contributed by atoms with van der Waals surface area (Å²) in [6.45, 7) is 1.87. The molecule has 2 aliphatic heterocycles. The molecule has 2 aliphatic rings. The van der Waals surface area contributed by atoms with Crippen LogP contribution in [-0.2, 0) is 6.18 Å². The van der Waals surface area contributed by atoms with Crippen molar-refractivity contribution < 1.29 is 27.2 Å². The molecule has 4 rings (SSSR count). The molecule has 0 radical (unpaired) electrons. The number of fused-ring (bicyclic) bond motifs is 1. The normalized spacial score (nSPS) is 21.3. The third-order valence-electron chi connectivity index (χ3n) is 5.85. The van der Waals surface area contributed by atoms with Gasteiger partial charge in [-0.25, -0.2) is 4.39 Å². The molecule has 2 aromatic carbocycles. The molecule has 2 saturated heterocycles. The summed E-state index contributed by atoms with van der Waals surface area (Å²) in [7, 11) is 0. The van der Waals surface area contributed by atoms with Crippen molar-refractivity contribution in [3.05, 3.63) is 70.0 Å². The molecule has 0 saturated carbocycles. The number of nitrogens with one attached hydrogen (secondary N) is 1. The molecule has 170 valence electrons. The van der Waals surface area contributed by atoms with Crippen LogP contribution in [0.3, 0.4) is 0 Å². The first kappa shape index (κ1) is 22.5. The Morgan fingerprint density at radius 2 is 1.84 bits per heavy atom. The van der Waals surface area contributed by atoms with E-state index in [0.717, 1.165) is 18.2 Å². The topological polar surface area (TPSA) is 52.7 Å². The van der Waals surface area contributed by atoms with Crippen molar-refractivity contribution in [1.82, 2.24) is 15.1 Å². The van der Waals surface area contributed by atoms with E-state index in [0.29, 0.717) is 32.6 Å². The molecule has 5 nitrogen and oxygen atoms in total. The lowest BCUT2D eigenvalue weighted by Crippen LogP contribution is -2.52. The third-order valence-corrected chi connectivity index (χ3v) is 6.09. The second kappa shape index (κ2) is 8.71. The van der Waals surface area contributed by atoms with Crippen molar-refractivity contribution in [2.24, 2.45) is 0 Å². The summed E-state index contributed by atoms with van der Waals surface area (Å²) in [5.41, 5.74) is -0.979. The number of rotatable bonds is 3. The fraction of sp³-hybridized carbons (Fsp3) is 0.364. The average Bonchev–Trinajstić information content (AvgIpc) is 3.14. The van der Waals surface area contributed by atoms with Gasteiger partial charge in [-0.1, -0.05) is 17.7 Å². The smallest absolute Gasteiger partial charge is 0.348 e. The second-order valence-electron chi connectivity index (χ2n) is 8.01. The molecule has 1 N–H and O–H groups in total. The first-order valence-corrected chi connectivity index (χ1v) is 10.5. The van der Waals surface area contributed by atoms with Crippen molar-refractivity contribution in [2.45, 2.75) is 24.7 Å². The molecule has 2 aromatic rings. The fourth-order valence-corrected chi connectivity index (χ4v) is 4.43. The van der Waals surface area contributed by atoms with Crippen LogP contribution in [0.1, 0.15) is 32.7 Å². The van der Waals surface area contributed by atoms with Crippen molar-refractivity contribution in [1.29, 1.82) is 0 Å². The van der Waals surface area contributed by atoms with E-state index in [4.69, 9.17) is 11.6 Å². The van der Waals surface area contributed by atoms with Gasteiger partial charge in [-0.15, -0.1) is 0 Å². The zero-order chi connectivity index (χ0) is 23.0. The minimum Gasteiger partial charge on any atom is -0.348 e. The number of halogens is 5. The minimum absolute atomic E-state index is 0.0325. The van der Waals surface area contributed by atoms with E-state index >= 15 is 0 Å². The van der Waals surface area contributed by atoms with Crippen molar-refractivity contribution >= 4 is 23.4 Å². The van der Waals surface area contributed by atoms with E-state index in [1.807, 2.05) is 0 Å². The molecule has 0 spiro atoms. The fourth-order valence-electron chi connectivity index (χ4n) is 4.27. The Balaban J connectivity index is 1.38. The summed E-state index contributed by atoms with van der Waals surface area (Å²) in [6, 6.07) is 7.92. The van der Waals surface area contributed by atoms with Crippen LogP contribution >= 0.6 is 11.6 Å². The predicted octanol–water partition coefficient (Wildman–Crippen LogP) is 3.83. The van der Waals surface area contributed by atoms with Crippen LogP contribution < -0.4 is 5.32 Å². The summed E-state index contributed by atoms with van der Waals surface area (Å²) in [5.74, 6) is -1.67. The Hall–Kier alpha value is -2.65. The zero-order valence-electron chi connectivity index (χ0n) is 16.8. The van der Waals surface area contributed by atoms with Crippen molar-refractivity contribution in [3.63, 3.8) is 0 Å². The van der Waals surface area contributed by atoms with E-state index in [2.05, 4.69) is 10.2 Å². The Kier molecular flexibility index (Phi) is 6.13. The number of nitrogens with zero attached hydrogens (tertiary/aromatic N) is 2. The molecule has 0 aromatic heterocycles. The van der Waals surface area contributed by atoms with E-state index < -0.39 is 29.4 Å². The number of hydrogen-bond donors (Lipinski definition) is 1. The van der Waals surface area contributed by atoms with Crippen LogP contribution in [-0.4, -0.2) is 59.9 Å². The van der Waals surface area contributed by atoms with Gasteiger partial charge in [0.15, 0.2) is 0 Å². The summed E-state index contributed by atoms with van der Waals surface area (Å²) >= 11 is 5.75. The van der Waals surface area contributed by atoms with Gasteiger partial charge >= 0.3 is 6.18 Å². The molecule has 2 atom stereocenters. The first-order valence-electron chi connectivity index (χ1n) is 10.1. The van der Waals surface area contributed by atoms with Crippen LogP contribution in [0.25, 0.3) is 0 Å². The Morgan fingerprint density at radius 3 is 2.56 bits per heavy atom. The van der Waals surface area contributed by atoms with Crippen LogP contribution in [0.15, 0.2) is 42.5 Å². The van der Waals surface area contributed by atoms with Gasteiger partial charge in [-0.2, -0.15) is 13.2 Å². The third kappa shape index (κ3) is 4.73. The molecule has 32 heavy (non-hydrogen) atoms. The lowest BCUT2D eigenvalue weighted by atomic mass is 10.1. The van der Waals surface area contributed by atoms with Crippen molar-refractivity contribution in [2.75, 3.05) is 26.2 Å². The molecule has 2 amide bonds. The summed E-state index contributed by atoms with van der Waals surface area (Å²) in [6.07, 6.45) is -3.98. The van der Waals surface area contributed by atoms with E-state index in [-0.39, 0.29) is 28.2 Å². The molecule has 0 aliphatic carbocycles. The van der Waals surface area contributed by atoms with Gasteiger partial charge in [0.05, 0.1) is 11.1 Å². The number of piperazine rings is 1. The zero-order valence-corrected chi connectivity index (χ0v) is 17.6. The molecular formula is C22H20ClF4N3O2. The van der Waals surface area contributed by atoms with Gasteiger partial charge in [0, 0.05) is 48.8 Å². The summed E-state index contributed by atoms with van der Waals surface area (Å²) in [5, 5.41) is 3.00. The van der Waals surface area contributed by atoms with Gasteiger partial charge in [-0.05, 0) is 42.8 Å². The van der Waals surface area contributed by atoms with E-state index in [1.165, 1.54) is 24.3 Å². The Bertz CT molecular complexity index is 1050. The van der Waals surface area contributed by atoms with Gasteiger partial charge in [0.25, 0.3) is 11.8 Å². The van der Waals surface area contributed by atoms with Crippen LogP contribution in [0, 0.1) is 5.82 Å². The number of alkyl halides is 3. The molecule has 2 heterocycles. The van der Waals surface area contributed by atoms with E-state index in [9.17, 15) is 27.2 Å². The maximum Gasteiger partial charge on any atom is 0.416 e. The van der Waals surface area contributed by atoms with Crippen LogP contribution in [0.5, 0.6) is 0 Å². The largest absolute Gasteiger partial charge is 0.416 e. The Morgan fingerprint density at radius 1 is 1.06 bits per heavy atom. The molecule has 0 bridgehead atoms. The number of carbonyl (C=O) groups excluding carboxylic acids is 2. The first-order chi connectivity index (χ1) is 15.1. The maximum atomic E-state index is 14.1. The van der Waals surface area contributed by atoms with Crippen LogP contribution in [0.4, 0.5) is 17.6 Å². The molecule has 10 heteroatoms. The summed E-state index contributed by atoms with van der Waals surface area (Å²) in [4.78, 5) is 28.9. The van der Waals surface area contributed by atoms with Gasteiger partial charge < -0.3 is 10.2 Å². The standard InChI is InChI=1S/C22H20ClF4N3O2/c23-15-4-5-18(19(24)9-15)21(32)30-7-6-29-11-16(10-17(29)12-30)28-20(31)13-2-1-3-14(8-13)22(25,26)27/h1-5,8-9,16-17H,6-7,10-12H2,(H,28,31). The highest BCUT2D eigenvalue weighted by atomic mass is 35.5. The number of carbonyl (C=O) groups is 2. The highest BCUT2D eigenvalue weighted by molar-refractivity contribution is 6.30. The molecular weight excluding hydrogens is 450 g/mol. The molecule has 2 unspecified atom stereocenters. The lowest BCUT2D eigenvalue weighted by Gasteiger charge is -2.37. The predicted molar refractivity (Wildman–Crippen MR) is 110 cm³/mol. The quantitative estimate of drug-likeness (QED) is 0.695. The highest BCUT2D eigenvalue weighted by Gasteiger charge is 2.38. The van der Waals surface area contributed by atoms with Crippen LogP contribution in [0.2, 0.25) is 5.02 Å². The average molecular weight is 470 g/mol. The Labute approximate surface area is 186 Å². The number of hydrogen-bond acceptors (Lipinski definition) is 3. The number of benzene rings is 2. The SMILES string of the molecule is O=C(NC1CC2CN(C(=O)c3ccc(Cl)cc3F)CCN2C1)c1cccc(C(F)(F)F)c1. The maximum absolute atomic E-state index is 14.1. The van der Waals surface area contributed by atoms with Crippen molar-refractivity contribution in [3.8, 4) is 0 Å². The van der Waals surface area contributed by atoms with Gasteiger partial charge in [0.1, 0.15) is 5.82 Å². The number of amides is 2. The lowest BCUT2D eigenvalue weighted by molar-refractivity contribution is -0.137. The molecule has 2 fully saturated rings. The minimum atomic E-state index is -4.52. The summed E-state index contributed by atoms with van der Waals surface area (Å²) < 4.78 is 52.9. The van der Waals surface area contributed by atoms with E-state index in [1.54, 1.807) is 4.90 Å². The monoisotopic (exact) mass is 469 g/mol. The van der Waals surface area contributed by atoms with Gasteiger partial charge in [-0.3, -0.25) is 14.5 Å². The highest BCUT2D eigenvalue weighted by Crippen LogP contribution is 2.30. The van der Waals surface area contributed by atoms with Gasteiger partial charge in [0.2, 0.25) is 0 Å². The second-order valence-corrected chi connectivity index (χ2v) is 8.45.